The van der Waals surface area contributed by atoms with E-state index in [1.54, 1.807) is 7.11 Å². The molecule has 1 amide bonds. The molecular formula is C22H29N3O2. The Kier molecular flexibility index (Phi) is 6.35. The third-order valence-electron chi connectivity index (χ3n) is 5.43. The van der Waals surface area contributed by atoms with Crippen molar-refractivity contribution in [1.29, 1.82) is 0 Å². The number of amides is 1. The number of piperazine rings is 1. The average Bonchev–Trinajstić information content (AvgIpc) is 2.74. The number of hydrogen-bond acceptors (Lipinski definition) is 4. The van der Waals surface area contributed by atoms with Gasteiger partial charge in [0.15, 0.2) is 0 Å². The molecule has 0 aromatic heterocycles. The van der Waals surface area contributed by atoms with Crippen LogP contribution in [0.4, 0.5) is 5.69 Å². The minimum atomic E-state index is 0.0827. The minimum Gasteiger partial charge on any atom is -0.497 e. The van der Waals surface area contributed by atoms with Gasteiger partial charge in [-0.05, 0) is 36.8 Å². The molecule has 0 unspecified atom stereocenters. The van der Waals surface area contributed by atoms with Crippen molar-refractivity contribution in [2.24, 2.45) is 0 Å². The molecule has 1 aliphatic rings. The lowest BCUT2D eigenvalue weighted by Gasteiger charge is -2.37. The fourth-order valence-corrected chi connectivity index (χ4v) is 3.43. The lowest BCUT2D eigenvalue weighted by molar-refractivity contribution is -0.133. The van der Waals surface area contributed by atoms with Crippen LogP contribution < -0.4 is 9.64 Å². The number of likely N-dealkylation sites (N-methyl/N-ethyl adjacent to an activating group) is 1. The number of ether oxygens (including phenoxy) is 1. The molecule has 0 spiro atoms. The Labute approximate surface area is 162 Å². The maximum Gasteiger partial charge on any atom is 0.236 e. The first-order valence-electron chi connectivity index (χ1n) is 9.50. The van der Waals surface area contributed by atoms with Gasteiger partial charge in [-0.15, -0.1) is 0 Å². The number of carbonyl (C=O) groups is 1. The topological polar surface area (TPSA) is 36.0 Å². The Morgan fingerprint density at radius 3 is 2.26 bits per heavy atom. The third-order valence-corrected chi connectivity index (χ3v) is 5.43. The highest BCUT2D eigenvalue weighted by Gasteiger charge is 2.23. The van der Waals surface area contributed by atoms with Crippen molar-refractivity contribution in [2.45, 2.75) is 13.0 Å². The summed E-state index contributed by atoms with van der Waals surface area (Å²) >= 11 is 0. The van der Waals surface area contributed by atoms with E-state index >= 15 is 0 Å². The summed E-state index contributed by atoms with van der Waals surface area (Å²) in [6, 6.07) is 18.4. The number of nitrogens with zero attached hydrogens (tertiary/aromatic N) is 3. The predicted octanol–water partition coefficient (Wildman–Crippen LogP) is 3.04. The summed E-state index contributed by atoms with van der Waals surface area (Å²) in [5, 5.41) is 0. The highest BCUT2D eigenvalue weighted by atomic mass is 16.5. The molecule has 0 aliphatic carbocycles. The van der Waals surface area contributed by atoms with Gasteiger partial charge in [0.05, 0.1) is 19.7 Å². The summed E-state index contributed by atoms with van der Waals surface area (Å²) in [7, 11) is 3.58. The van der Waals surface area contributed by atoms with Gasteiger partial charge in [-0.25, -0.2) is 0 Å². The Balaban J connectivity index is 1.50. The van der Waals surface area contributed by atoms with E-state index in [2.05, 4.69) is 41.0 Å². The van der Waals surface area contributed by atoms with Crippen LogP contribution in [-0.4, -0.2) is 62.6 Å². The zero-order valence-corrected chi connectivity index (χ0v) is 16.5. The summed E-state index contributed by atoms with van der Waals surface area (Å²) < 4.78 is 5.22. The van der Waals surface area contributed by atoms with Crippen molar-refractivity contribution in [3.63, 3.8) is 0 Å². The first-order chi connectivity index (χ1) is 13.1. The summed E-state index contributed by atoms with van der Waals surface area (Å²) in [6.07, 6.45) is 0. The molecule has 5 nitrogen and oxygen atoms in total. The number of rotatable bonds is 6. The van der Waals surface area contributed by atoms with Gasteiger partial charge in [0.25, 0.3) is 0 Å². The SMILES string of the molecule is COc1ccc(N2CCN(CC(=O)N(C)[C@@H](C)c3ccccc3)CC2)cc1. The van der Waals surface area contributed by atoms with Crippen LogP contribution in [-0.2, 0) is 4.79 Å². The molecule has 1 heterocycles. The minimum absolute atomic E-state index is 0.0827. The molecule has 0 bridgehead atoms. The quantitative estimate of drug-likeness (QED) is 0.786. The van der Waals surface area contributed by atoms with E-state index in [0.29, 0.717) is 6.54 Å². The number of methoxy groups -OCH3 is 1. The summed E-state index contributed by atoms with van der Waals surface area (Å²) in [5.41, 5.74) is 2.37. The van der Waals surface area contributed by atoms with E-state index in [0.717, 1.165) is 37.5 Å². The van der Waals surface area contributed by atoms with Gasteiger partial charge in [-0.2, -0.15) is 0 Å². The molecule has 2 aromatic carbocycles. The van der Waals surface area contributed by atoms with Gasteiger partial charge in [-0.3, -0.25) is 9.69 Å². The van der Waals surface area contributed by atoms with E-state index in [1.165, 1.54) is 5.69 Å². The predicted molar refractivity (Wildman–Crippen MR) is 109 cm³/mol. The second-order valence-electron chi connectivity index (χ2n) is 7.05. The van der Waals surface area contributed by atoms with Crippen LogP contribution in [0.2, 0.25) is 0 Å². The zero-order valence-electron chi connectivity index (χ0n) is 16.5. The lowest BCUT2D eigenvalue weighted by atomic mass is 10.1. The standard InChI is InChI=1S/C22H29N3O2/c1-18(19-7-5-4-6-8-19)23(2)22(26)17-24-13-15-25(16-14-24)20-9-11-21(27-3)12-10-20/h4-12,18H,13-17H2,1-3H3/t18-/m0/s1. The smallest absolute Gasteiger partial charge is 0.236 e. The van der Waals surface area contributed by atoms with E-state index in [9.17, 15) is 4.79 Å². The van der Waals surface area contributed by atoms with Crippen molar-refractivity contribution in [3.05, 3.63) is 60.2 Å². The number of benzene rings is 2. The van der Waals surface area contributed by atoms with Crippen LogP contribution in [0.5, 0.6) is 5.75 Å². The molecule has 144 valence electrons. The molecule has 0 radical (unpaired) electrons. The molecule has 0 saturated carbocycles. The highest BCUT2D eigenvalue weighted by Crippen LogP contribution is 2.21. The average molecular weight is 367 g/mol. The van der Waals surface area contributed by atoms with E-state index in [1.807, 2.05) is 42.3 Å². The first-order valence-corrected chi connectivity index (χ1v) is 9.50. The molecule has 1 saturated heterocycles. The van der Waals surface area contributed by atoms with Crippen LogP contribution in [0.25, 0.3) is 0 Å². The van der Waals surface area contributed by atoms with Crippen molar-refractivity contribution in [1.82, 2.24) is 9.80 Å². The van der Waals surface area contributed by atoms with Gasteiger partial charge in [-0.1, -0.05) is 30.3 Å². The molecule has 1 fully saturated rings. The van der Waals surface area contributed by atoms with Gasteiger partial charge >= 0.3 is 0 Å². The molecule has 3 rings (SSSR count). The molecule has 5 heteroatoms. The molecule has 1 atom stereocenters. The summed E-state index contributed by atoms with van der Waals surface area (Å²) in [6.45, 7) is 6.20. The third kappa shape index (κ3) is 4.80. The highest BCUT2D eigenvalue weighted by molar-refractivity contribution is 5.78. The van der Waals surface area contributed by atoms with E-state index < -0.39 is 0 Å². The fraction of sp³-hybridized carbons (Fsp3) is 0.409. The Morgan fingerprint density at radius 2 is 1.67 bits per heavy atom. The largest absolute Gasteiger partial charge is 0.497 e. The van der Waals surface area contributed by atoms with Crippen molar-refractivity contribution in [2.75, 3.05) is 51.8 Å². The first kappa shape index (κ1) is 19.2. The van der Waals surface area contributed by atoms with Crippen molar-refractivity contribution >= 4 is 11.6 Å². The number of anilines is 1. The Hall–Kier alpha value is -2.53. The second kappa shape index (κ2) is 8.91. The van der Waals surface area contributed by atoms with E-state index in [4.69, 9.17) is 4.74 Å². The van der Waals surface area contributed by atoms with Crippen molar-refractivity contribution < 1.29 is 9.53 Å². The Bertz CT molecular complexity index is 725. The summed E-state index contributed by atoms with van der Waals surface area (Å²) in [4.78, 5) is 19.2. The van der Waals surface area contributed by atoms with Crippen LogP contribution >= 0.6 is 0 Å². The maximum atomic E-state index is 12.7. The van der Waals surface area contributed by atoms with Gasteiger partial charge in [0.2, 0.25) is 5.91 Å². The van der Waals surface area contributed by atoms with Gasteiger partial charge in [0, 0.05) is 38.9 Å². The zero-order chi connectivity index (χ0) is 19.2. The molecule has 1 aliphatic heterocycles. The molecule has 2 aromatic rings. The maximum absolute atomic E-state index is 12.7. The Morgan fingerprint density at radius 1 is 1.04 bits per heavy atom. The van der Waals surface area contributed by atoms with Gasteiger partial charge < -0.3 is 14.5 Å². The van der Waals surface area contributed by atoms with Crippen LogP contribution in [0.1, 0.15) is 18.5 Å². The second-order valence-corrected chi connectivity index (χ2v) is 7.05. The van der Waals surface area contributed by atoms with Crippen molar-refractivity contribution in [3.8, 4) is 5.75 Å². The monoisotopic (exact) mass is 367 g/mol. The van der Waals surface area contributed by atoms with Crippen LogP contribution in [0.3, 0.4) is 0 Å². The number of hydrogen-bond donors (Lipinski definition) is 0. The normalized spacial score (nSPS) is 16.0. The summed E-state index contributed by atoms with van der Waals surface area (Å²) in [5.74, 6) is 1.04. The van der Waals surface area contributed by atoms with Crippen LogP contribution in [0, 0.1) is 0 Å². The fourth-order valence-electron chi connectivity index (χ4n) is 3.43. The van der Waals surface area contributed by atoms with Gasteiger partial charge in [0.1, 0.15) is 5.75 Å². The number of carbonyl (C=O) groups excluding carboxylic acids is 1. The van der Waals surface area contributed by atoms with Crippen LogP contribution in [0.15, 0.2) is 54.6 Å². The molecule has 0 N–H and O–H groups in total. The lowest BCUT2D eigenvalue weighted by Crippen LogP contribution is -2.50. The van der Waals surface area contributed by atoms with E-state index in [-0.39, 0.29) is 11.9 Å². The molecule has 27 heavy (non-hydrogen) atoms. The molecular weight excluding hydrogens is 338 g/mol.